The van der Waals surface area contributed by atoms with Gasteiger partial charge in [-0.3, -0.25) is 24.4 Å². The fourth-order valence-corrected chi connectivity index (χ4v) is 3.73. The highest BCUT2D eigenvalue weighted by Gasteiger charge is 2.37. The number of amides is 1. The number of hydrogen-bond acceptors (Lipinski definition) is 7. The van der Waals surface area contributed by atoms with Crippen molar-refractivity contribution in [2.75, 3.05) is 24.6 Å². The second kappa shape index (κ2) is 7.78. The summed E-state index contributed by atoms with van der Waals surface area (Å²) in [5.74, 6) is 0.339. The minimum Gasteiger partial charge on any atom is -0.342 e. The fraction of sp³-hybridized carbons (Fsp3) is 0.421. The number of carbonyl (C=O) groups is 1. The van der Waals surface area contributed by atoms with E-state index in [0.717, 1.165) is 5.56 Å². The lowest BCUT2D eigenvalue weighted by molar-refractivity contribution is -0.182. The van der Waals surface area contributed by atoms with Crippen molar-refractivity contribution in [1.82, 2.24) is 20.0 Å². The Morgan fingerprint density at radius 2 is 2.11 bits per heavy atom. The Labute approximate surface area is 161 Å². The number of anilines is 1. The Bertz CT molecular complexity index is 960. The number of hydrogen-bond donors (Lipinski definition) is 1. The molecule has 2 aromatic heterocycles. The predicted octanol–water partition coefficient (Wildman–Crippen LogP) is 1.16. The maximum absolute atomic E-state index is 13.1. The van der Waals surface area contributed by atoms with Crippen molar-refractivity contribution >= 4 is 11.9 Å². The summed E-state index contributed by atoms with van der Waals surface area (Å²) in [6.45, 7) is 1.72. The summed E-state index contributed by atoms with van der Waals surface area (Å²) in [6.07, 6.45) is 6.65. The molecule has 4 heterocycles. The molecule has 2 aliphatic heterocycles. The summed E-state index contributed by atoms with van der Waals surface area (Å²) in [5, 5.41) is 10.5. The molecule has 28 heavy (non-hydrogen) atoms. The lowest BCUT2D eigenvalue weighted by Crippen LogP contribution is -2.42. The molecule has 2 aromatic rings. The molecule has 0 aliphatic carbocycles. The Hall–Kier alpha value is -3.25. The molecule has 2 aliphatic rings. The Morgan fingerprint density at radius 3 is 2.86 bits per heavy atom. The predicted molar refractivity (Wildman–Crippen MR) is 98.9 cm³/mol. The van der Waals surface area contributed by atoms with Gasteiger partial charge < -0.3 is 4.90 Å². The molecule has 0 bridgehead atoms. The first-order chi connectivity index (χ1) is 13.7. The molecule has 0 unspecified atom stereocenters. The van der Waals surface area contributed by atoms with Crippen LogP contribution in [0, 0.1) is 17.2 Å². The zero-order chi connectivity index (χ0) is 19.5. The van der Waals surface area contributed by atoms with Gasteiger partial charge in [0, 0.05) is 50.1 Å². The number of rotatable bonds is 3. The van der Waals surface area contributed by atoms with Crippen molar-refractivity contribution in [3.8, 4) is 6.07 Å². The van der Waals surface area contributed by atoms with Gasteiger partial charge >= 0.3 is 0 Å². The number of piperidine rings is 1. The van der Waals surface area contributed by atoms with Gasteiger partial charge in [0.2, 0.25) is 11.9 Å². The van der Waals surface area contributed by atoms with Crippen molar-refractivity contribution in [2.24, 2.45) is 5.92 Å². The minimum atomic E-state index is -0.224. The largest absolute Gasteiger partial charge is 0.342 e. The number of H-pyrrole nitrogens is 1. The topological polar surface area (TPSA) is 115 Å². The van der Waals surface area contributed by atoms with Gasteiger partial charge in [0.25, 0.3) is 5.56 Å². The Balaban J connectivity index is 1.43. The number of nitriles is 1. The summed E-state index contributed by atoms with van der Waals surface area (Å²) in [5.41, 5.74) is 1.09. The van der Waals surface area contributed by atoms with Crippen LogP contribution in [0.15, 0.2) is 35.5 Å². The molecule has 0 spiro atoms. The summed E-state index contributed by atoms with van der Waals surface area (Å²) >= 11 is 0. The number of aromatic amines is 1. The summed E-state index contributed by atoms with van der Waals surface area (Å²) in [4.78, 5) is 43.2. The van der Waals surface area contributed by atoms with Crippen LogP contribution >= 0.6 is 0 Å². The number of hydroxylamine groups is 2. The van der Waals surface area contributed by atoms with E-state index in [-0.39, 0.29) is 23.4 Å². The second-order valence-corrected chi connectivity index (χ2v) is 6.94. The number of nitrogens with zero attached hydrogens (tertiary/aromatic N) is 5. The maximum Gasteiger partial charge on any atom is 0.252 e. The quantitative estimate of drug-likeness (QED) is 0.849. The monoisotopic (exact) mass is 380 g/mol. The van der Waals surface area contributed by atoms with Gasteiger partial charge in [-0.15, -0.1) is 0 Å². The third-order valence-corrected chi connectivity index (χ3v) is 5.20. The van der Waals surface area contributed by atoms with Crippen LogP contribution in [0.4, 0.5) is 5.95 Å². The number of nitrogens with one attached hydrogen (secondary N) is 1. The highest BCUT2D eigenvalue weighted by Crippen LogP contribution is 2.33. The Kier molecular flexibility index (Phi) is 5.04. The first-order valence-corrected chi connectivity index (χ1v) is 9.27. The smallest absolute Gasteiger partial charge is 0.252 e. The van der Waals surface area contributed by atoms with E-state index in [1.807, 2.05) is 4.90 Å². The first-order valence-electron chi connectivity index (χ1n) is 9.27. The van der Waals surface area contributed by atoms with Crippen molar-refractivity contribution < 1.29 is 9.63 Å². The average Bonchev–Trinajstić information content (AvgIpc) is 3.23. The van der Waals surface area contributed by atoms with Gasteiger partial charge in [-0.1, -0.05) is 0 Å². The third-order valence-electron chi connectivity index (χ3n) is 5.20. The zero-order valence-electron chi connectivity index (χ0n) is 15.2. The average molecular weight is 380 g/mol. The van der Waals surface area contributed by atoms with Crippen molar-refractivity contribution in [3.63, 3.8) is 0 Å². The van der Waals surface area contributed by atoms with Crippen molar-refractivity contribution in [3.05, 3.63) is 52.2 Å². The molecule has 1 N–H and O–H groups in total. The molecule has 144 valence electrons. The Morgan fingerprint density at radius 1 is 1.29 bits per heavy atom. The van der Waals surface area contributed by atoms with Crippen LogP contribution in [0.3, 0.4) is 0 Å². The SMILES string of the molecule is N#Cc1cncc([C@@H]2CCON2C(=O)C2CCN(c3nccc(=O)[nH]3)CC2)c1. The van der Waals surface area contributed by atoms with Crippen LogP contribution in [0.1, 0.15) is 36.4 Å². The van der Waals surface area contributed by atoms with Gasteiger partial charge in [-0.2, -0.15) is 5.26 Å². The van der Waals surface area contributed by atoms with Gasteiger partial charge in [0.1, 0.15) is 6.07 Å². The molecule has 1 amide bonds. The highest BCUT2D eigenvalue weighted by molar-refractivity contribution is 5.79. The lowest BCUT2D eigenvalue weighted by Gasteiger charge is -2.34. The molecular weight excluding hydrogens is 360 g/mol. The molecule has 2 saturated heterocycles. The molecule has 0 aromatic carbocycles. The van der Waals surface area contributed by atoms with E-state index in [4.69, 9.17) is 10.1 Å². The summed E-state index contributed by atoms with van der Waals surface area (Å²) in [6, 6.07) is 4.99. The van der Waals surface area contributed by atoms with E-state index in [1.54, 1.807) is 12.3 Å². The van der Waals surface area contributed by atoms with E-state index in [9.17, 15) is 9.59 Å². The normalized spacial score (nSPS) is 20.2. The van der Waals surface area contributed by atoms with Crippen LogP contribution in [-0.4, -0.2) is 45.6 Å². The molecule has 0 saturated carbocycles. The van der Waals surface area contributed by atoms with Gasteiger partial charge in [0.05, 0.1) is 18.2 Å². The first kappa shape index (κ1) is 18.1. The van der Waals surface area contributed by atoms with E-state index in [0.29, 0.717) is 50.5 Å². The lowest BCUT2D eigenvalue weighted by atomic mass is 9.95. The van der Waals surface area contributed by atoms with Gasteiger partial charge in [0.15, 0.2) is 0 Å². The van der Waals surface area contributed by atoms with Gasteiger partial charge in [-0.25, -0.2) is 10.0 Å². The molecule has 9 heteroatoms. The van der Waals surface area contributed by atoms with Crippen LogP contribution < -0.4 is 10.5 Å². The standard InChI is InChI=1S/C19H20N6O3/c20-10-13-9-15(12-21-11-13)16-4-8-28-25(16)18(27)14-2-6-24(7-3-14)19-22-5-1-17(26)23-19/h1,5,9,11-12,14,16H,2-4,6-8H2,(H,22,23,26)/t16-/m0/s1. The zero-order valence-corrected chi connectivity index (χ0v) is 15.2. The molecular formula is C19H20N6O3. The van der Waals surface area contributed by atoms with E-state index >= 15 is 0 Å². The minimum absolute atomic E-state index is 0.0426. The van der Waals surface area contributed by atoms with Crippen LogP contribution in [0.2, 0.25) is 0 Å². The molecule has 9 nitrogen and oxygen atoms in total. The summed E-state index contributed by atoms with van der Waals surface area (Å²) in [7, 11) is 0. The van der Waals surface area contributed by atoms with E-state index < -0.39 is 0 Å². The number of carbonyl (C=O) groups excluding carboxylic acids is 1. The van der Waals surface area contributed by atoms with E-state index in [1.165, 1.54) is 23.5 Å². The third kappa shape index (κ3) is 3.59. The van der Waals surface area contributed by atoms with Crippen molar-refractivity contribution in [2.45, 2.75) is 25.3 Å². The van der Waals surface area contributed by atoms with Gasteiger partial charge in [-0.05, 0) is 24.5 Å². The number of aromatic nitrogens is 3. The molecule has 0 radical (unpaired) electrons. The fourth-order valence-electron chi connectivity index (χ4n) is 3.73. The maximum atomic E-state index is 13.1. The van der Waals surface area contributed by atoms with E-state index in [2.05, 4.69) is 21.0 Å². The van der Waals surface area contributed by atoms with Crippen LogP contribution in [0.25, 0.3) is 0 Å². The second-order valence-electron chi connectivity index (χ2n) is 6.94. The number of pyridine rings is 1. The molecule has 4 rings (SSSR count). The molecule has 2 fully saturated rings. The van der Waals surface area contributed by atoms with Crippen LogP contribution in [-0.2, 0) is 9.63 Å². The highest BCUT2D eigenvalue weighted by atomic mass is 16.7. The van der Waals surface area contributed by atoms with Crippen LogP contribution in [0.5, 0.6) is 0 Å². The summed E-state index contributed by atoms with van der Waals surface area (Å²) < 4.78 is 0. The molecule has 1 atom stereocenters. The van der Waals surface area contributed by atoms with Crippen molar-refractivity contribution in [1.29, 1.82) is 5.26 Å².